The molecule has 31 heavy (non-hydrogen) atoms. The third-order valence-corrected chi connectivity index (χ3v) is 6.14. The molecule has 0 bridgehead atoms. The number of para-hydroxylation sites is 1. The number of nitrogens with zero attached hydrogens (tertiary/aromatic N) is 3. The lowest BCUT2D eigenvalue weighted by Crippen LogP contribution is -2.16. The van der Waals surface area contributed by atoms with Crippen LogP contribution in [0.4, 0.5) is 10.7 Å². The summed E-state index contributed by atoms with van der Waals surface area (Å²) >= 11 is 1.68. The summed E-state index contributed by atoms with van der Waals surface area (Å²) in [4.78, 5) is 11.9. The van der Waals surface area contributed by atoms with E-state index in [0.29, 0.717) is 0 Å². The lowest BCUT2D eigenvalue weighted by molar-refractivity contribution is 0.986. The minimum Gasteiger partial charge on any atom is -0.327 e. The van der Waals surface area contributed by atoms with Gasteiger partial charge in [0.2, 0.25) is 0 Å². The predicted octanol–water partition coefficient (Wildman–Crippen LogP) is 7.21. The number of aromatic nitrogens is 2. The normalized spacial score (nSPS) is 10.7. The van der Waals surface area contributed by atoms with Gasteiger partial charge in [-0.05, 0) is 29.8 Å². The second-order valence-electron chi connectivity index (χ2n) is 7.16. The number of hydrogen-bond donors (Lipinski definition) is 0. The molecular formula is C27H21N3S. The zero-order valence-electron chi connectivity index (χ0n) is 16.9. The summed E-state index contributed by atoms with van der Waals surface area (Å²) in [6.07, 6.45) is 1.82. The molecule has 150 valence electrons. The van der Waals surface area contributed by atoms with Crippen molar-refractivity contribution in [3.63, 3.8) is 0 Å². The van der Waals surface area contributed by atoms with Crippen LogP contribution in [-0.4, -0.2) is 9.97 Å². The highest BCUT2D eigenvalue weighted by Gasteiger charge is 2.21. The van der Waals surface area contributed by atoms with Crippen molar-refractivity contribution in [3.05, 3.63) is 121 Å². The summed E-state index contributed by atoms with van der Waals surface area (Å²) < 4.78 is 0. The van der Waals surface area contributed by atoms with E-state index in [4.69, 9.17) is 4.98 Å². The lowest BCUT2D eigenvalue weighted by atomic mass is 10.1. The monoisotopic (exact) mass is 419 g/mol. The first-order chi connectivity index (χ1) is 15.4. The maximum absolute atomic E-state index is 5.05. The number of pyridine rings is 1. The van der Waals surface area contributed by atoms with Crippen molar-refractivity contribution in [2.45, 2.75) is 6.54 Å². The van der Waals surface area contributed by atoms with Crippen molar-refractivity contribution < 1.29 is 0 Å². The van der Waals surface area contributed by atoms with Gasteiger partial charge in [-0.15, -0.1) is 0 Å². The zero-order valence-corrected chi connectivity index (χ0v) is 17.7. The van der Waals surface area contributed by atoms with Gasteiger partial charge in [0.1, 0.15) is 15.7 Å². The quantitative estimate of drug-likeness (QED) is 0.291. The molecule has 0 saturated carbocycles. The first-order valence-corrected chi connectivity index (χ1v) is 11.0. The average molecular weight is 420 g/mol. The van der Waals surface area contributed by atoms with Gasteiger partial charge in [0.15, 0.2) is 0 Å². The topological polar surface area (TPSA) is 29.0 Å². The van der Waals surface area contributed by atoms with Gasteiger partial charge in [0.25, 0.3) is 0 Å². The molecule has 2 aromatic heterocycles. The van der Waals surface area contributed by atoms with Crippen molar-refractivity contribution in [1.82, 2.24) is 9.97 Å². The Morgan fingerprint density at radius 3 is 2.00 bits per heavy atom. The maximum Gasteiger partial charge on any atom is 0.144 e. The van der Waals surface area contributed by atoms with E-state index in [-0.39, 0.29) is 0 Å². The Bertz CT molecular complexity index is 1240. The minimum atomic E-state index is 0.758. The SMILES string of the molecule is c1ccc(CN(c2ccccc2)c2sc(-c3ccccn3)nc2-c2ccccc2)cc1. The number of hydrogen-bond acceptors (Lipinski definition) is 4. The first kappa shape index (κ1) is 19.2. The van der Waals surface area contributed by atoms with Crippen LogP contribution in [0.25, 0.3) is 22.0 Å². The molecule has 0 fully saturated rings. The van der Waals surface area contributed by atoms with Crippen LogP contribution in [0.1, 0.15) is 5.56 Å². The smallest absolute Gasteiger partial charge is 0.144 e. The molecule has 2 heterocycles. The van der Waals surface area contributed by atoms with Crippen molar-refractivity contribution in [2.24, 2.45) is 0 Å². The fourth-order valence-electron chi connectivity index (χ4n) is 3.53. The molecule has 5 aromatic rings. The van der Waals surface area contributed by atoms with Crippen LogP contribution < -0.4 is 4.90 Å². The van der Waals surface area contributed by atoms with E-state index >= 15 is 0 Å². The van der Waals surface area contributed by atoms with E-state index in [1.165, 1.54) is 5.56 Å². The Hall–Kier alpha value is -3.76. The van der Waals surface area contributed by atoms with Gasteiger partial charge in [-0.25, -0.2) is 4.98 Å². The fourth-order valence-corrected chi connectivity index (χ4v) is 4.62. The Morgan fingerprint density at radius 2 is 1.32 bits per heavy atom. The van der Waals surface area contributed by atoms with E-state index in [9.17, 15) is 0 Å². The van der Waals surface area contributed by atoms with E-state index < -0.39 is 0 Å². The van der Waals surface area contributed by atoms with Crippen molar-refractivity contribution in [3.8, 4) is 22.0 Å². The van der Waals surface area contributed by atoms with E-state index in [0.717, 1.165) is 39.2 Å². The molecule has 0 unspecified atom stereocenters. The Balaban J connectivity index is 1.68. The molecule has 0 spiro atoms. The van der Waals surface area contributed by atoms with E-state index in [1.54, 1.807) is 11.3 Å². The number of rotatable bonds is 6. The van der Waals surface area contributed by atoms with Crippen molar-refractivity contribution in [2.75, 3.05) is 4.90 Å². The van der Waals surface area contributed by atoms with Crippen LogP contribution in [0.15, 0.2) is 115 Å². The summed E-state index contributed by atoms with van der Waals surface area (Å²) in [6.45, 7) is 0.758. The molecule has 0 amide bonds. The molecule has 3 aromatic carbocycles. The highest BCUT2D eigenvalue weighted by atomic mass is 32.1. The molecule has 0 radical (unpaired) electrons. The second-order valence-corrected chi connectivity index (χ2v) is 8.14. The highest BCUT2D eigenvalue weighted by Crippen LogP contribution is 2.43. The molecule has 3 nitrogen and oxygen atoms in total. The summed E-state index contributed by atoms with van der Waals surface area (Å²) in [5, 5.41) is 2.03. The first-order valence-electron chi connectivity index (χ1n) is 10.2. The maximum atomic E-state index is 5.05. The fraction of sp³-hybridized carbons (Fsp3) is 0.0370. The second kappa shape index (κ2) is 8.94. The molecule has 0 aliphatic heterocycles. The molecule has 5 rings (SSSR count). The summed E-state index contributed by atoms with van der Waals surface area (Å²) in [5.74, 6) is 0. The summed E-state index contributed by atoms with van der Waals surface area (Å²) in [7, 11) is 0. The van der Waals surface area contributed by atoms with Gasteiger partial charge in [-0.2, -0.15) is 0 Å². The number of anilines is 2. The molecule has 0 N–H and O–H groups in total. The van der Waals surface area contributed by atoms with Crippen molar-refractivity contribution in [1.29, 1.82) is 0 Å². The highest BCUT2D eigenvalue weighted by molar-refractivity contribution is 7.19. The molecule has 0 atom stereocenters. The van der Waals surface area contributed by atoms with Gasteiger partial charge in [-0.1, -0.05) is 96.3 Å². The Morgan fingerprint density at radius 1 is 0.677 bits per heavy atom. The van der Waals surface area contributed by atoms with Gasteiger partial charge >= 0.3 is 0 Å². The van der Waals surface area contributed by atoms with Gasteiger partial charge in [0.05, 0.1) is 5.69 Å². The lowest BCUT2D eigenvalue weighted by Gasteiger charge is -2.24. The standard InChI is InChI=1S/C27H21N3S/c1-4-12-21(13-5-1)20-30(23-16-8-3-9-17-23)27-25(22-14-6-2-7-15-22)29-26(31-27)24-18-10-11-19-28-24/h1-19H,20H2. The Labute approximate surface area is 186 Å². The van der Waals surface area contributed by atoms with Crippen LogP contribution in [0.5, 0.6) is 0 Å². The molecule has 0 aliphatic rings. The third kappa shape index (κ3) is 4.25. The van der Waals surface area contributed by atoms with Crippen LogP contribution in [0, 0.1) is 0 Å². The summed E-state index contributed by atoms with van der Waals surface area (Å²) in [6, 6.07) is 37.4. The zero-order chi connectivity index (χ0) is 20.9. The minimum absolute atomic E-state index is 0.758. The van der Waals surface area contributed by atoms with E-state index in [1.807, 2.05) is 36.5 Å². The van der Waals surface area contributed by atoms with E-state index in [2.05, 4.69) is 88.7 Å². The van der Waals surface area contributed by atoms with Crippen LogP contribution in [0.3, 0.4) is 0 Å². The molecule has 0 aliphatic carbocycles. The largest absolute Gasteiger partial charge is 0.327 e. The molecule has 0 saturated heterocycles. The van der Waals surface area contributed by atoms with Crippen LogP contribution >= 0.6 is 11.3 Å². The Kier molecular flexibility index (Phi) is 5.54. The average Bonchev–Trinajstić information content (AvgIpc) is 3.30. The third-order valence-electron chi connectivity index (χ3n) is 5.04. The molecular weight excluding hydrogens is 398 g/mol. The van der Waals surface area contributed by atoms with Gasteiger partial charge in [0, 0.05) is 24.0 Å². The number of benzene rings is 3. The van der Waals surface area contributed by atoms with Crippen LogP contribution in [-0.2, 0) is 6.54 Å². The summed E-state index contributed by atoms with van der Waals surface area (Å²) in [5.41, 5.74) is 5.36. The van der Waals surface area contributed by atoms with Gasteiger partial charge < -0.3 is 4.90 Å². The van der Waals surface area contributed by atoms with Crippen molar-refractivity contribution >= 4 is 22.0 Å². The predicted molar refractivity (Wildman–Crippen MR) is 130 cm³/mol. The number of thiazole rings is 1. The van der Waals surface area contributed by atoms with Crippen LogP contribution in [0.2, 0.25) is 0 Å². The molecule has 4 heteroatoms. The van der Waals surface area contributed by atoms with Gasteiger partial charge in [-0.3, -0.25) is 4.98 Å².